The second-order valence-electron chi connectivity index (χ2n) is 6.25. The van der Waals surface area contributed by atoms with Gasteiger partial charge >= 0.3 is 5.76 Å². The summed E-state index contributed by atoms with van der Waals surface area (Å²) in [6, 6.07) is 9.16. The molecule has 0 amide bonds. The van der Waals surface area contributed by atoms with E-state index in [1.807, 2.05) is 45.0 Å². The van der Waals surface area contributed by atoms with Crippen molar-refractivity contribution < 1.29 is 13.4 Å². The van der Waals surface area contributed by atoms with Crippen LogP contribution >= 0.6 is 0 Å². The minimum atomic E-state index is -0.377. The van der Waals surface area contributed by atoms with E-state index in [0.717, 1.165) is 11.3 Å². The SMILES string of the molecule is Cc1ccc(C=Cc2nc(-c3ccc4c(c3)oc(=O)n4C(C)C)no2)o1. The molecule has 0 saturated heterocycles. The number of nitrogens with zero attached hydrogens (tertiary/aromatic N) is 3. The van der Waals surface area contributed by atoms with Crippen LogP contribution in [0, 0.1) is 6.92 Å². The molecule has 0 saturated carbocycles. The lowest BCUT2D eigenvalue weighted by atomic mass is 10.2. The highest BCUT2D eigenvalue weighted by atomic mass is 16.5. The Balaban J connectivity index is 1.65. The Morgan fingerprint density at radius 3 is 2.69 bits per heavy atom. The summed E-state index contributed by atoms with van der Waals surface area (Å²) >= 11 is 0. The quantitative estimate of drug-likeness (QED) is 0.545. The van der Waals surface area contributed by atoms with Crippen molar-refractivity contribution in [3.63, 3.8) is 0 Å². The summed E-state index contributed by atoms with van der Waals surface area (Å²) in [4.78, 5) is 16.3. The summed E-state index contributed by atoms with van der Waals surface area (Å²) in [5.41, 5.74) is 1.94. The Morgan fingerprint density at radius 1 is 1.12 bits per heavy atom. The fourth-order valence-electron chi connectivity index (χ4n) is 2.78. The fraction of sp³-hybridized carbons (Fsp3) is 0.211. The van der Waals surface area contributed by atoms with Crippen molar-refractivity contribution in [3.8, 4) is 11.4 Å². The van der Waals surface area contributed by atoms with Gasteiger partial charge in [0.2, 0.25) is 5.82 Å². The topological polar surface area (TPSA) is 87.2 Å². The molecule has 7 nitrogen and oxygen atoms in total. The van der Waals surface area contributed by atoms with Crippen LogP contribution in [0.1, 0.15) is 37.3 Å². The number of benzene rings is 1. The standard InChI is InChI=1S/C19H17N3O4/c1-11(2)22-15-8-5-13(10-16(15)25-19(22)23)18-20-17(26-21-18)9-7-14-6-4-12(3)24-14/h4-11H,1-3H3. The highest BCUT2D eigenvalue weighted by Crippen LogP contribution is 2.24. The molecular weight excluding hydrogens is 334 g/mol. The Bertz CT molecular complexity index is 1160. The fourth-order valence-corrected chi connectivity index (χ4v) is 2.78. The maximum absolute atomic E-state index is 12.0. The predicted octanol–water partition coefficient (Wildman–Crippen LogP) is 4.30. The van der Waals surface area contributed by atoms with Gasteiger partial charge in [0, 0.05) is 17.7 Å². The predicted molar refractivity (Wildman–Crippen MR) is 96.5 cm³/mol. The van der Waals surface area contributed by atoms with Gasteiger partial charge in [-0.1, -0.05) is 5.16 Å². The van der Waals surface area contributed by atoms with Crippen molar-refractivity contribution in [3.05, 3.63) is 58.3 Å². The van der Waals surface area contributed by atoms with E-state index < -0.39 is 0 Å². The van der Waals surface area contributed by atoms with Gasteiger partial charge in [0.25, 0.3) is 5.89 Å². The lowest BCUT2D eigenvalue weighted by molar-refractivity contribution is 0.411. The number of rotatable bonds is 4. The Kier molecular flexibility index (Phi) is 3.84. The highest BCUT2D eigenvalue weighted by Gasteiger charge is 2.14. The maximum Gasteiger partial charge on any atom is 0.420 e. The van der Waals surface area contributed by atoms with E-state index in [0.29, 0.717) is 28.6 Å². The first-order valence-corrected chi connectivity index (χ1v) is 8.25. The molecule has 0 aliphatic carbocycles. The van der Waals surface area contributed by atoms with E-state index in [2.05, 4.69) is 10.1 Å². The second-order valence-corrected chi connectivity index (χ2v) is 6.25. The number of furan rings is 1. The molecule has 132 valence electrons. The van der Waals surface area contributed by atoms with E-state index >= 15 is 0 Å². The van der Waals surface area contributed by atoms with Crippen molar-refractivity contribution in [2.45, 2.75) is 26.8 Å². The number of fused-ring (bicyclic) bond motifs is 1. The van der Waals surface area contributed by atoms with Crippen LogP contribution in [-0.4, -0.2) is 14.7 Å². The molecule has 0 aliphatic heterocycles. The first kappa shape index (κ1) is 16.1. The van der Waals surface area contributed by atoms with Gasteiger partial charge in [-0.15, -0.1) is 0 Å². The Hall–Kier alpha value is -3.35. The largest absolute Gasteiger partial charge is 0.462 e. The van der Waals surface area contributed by atoms with Crippen LogP contribution in [0.5, 0.6) is 0 Å². The number of aromatic nitrogens is 3. The average Bonchev–Trinajstić information content (AvgIpc) is 3.29. The van der Waals surface area contributed by atoms with Gasteiger partial charge in [0.15, 0.2) is 5.58 Å². The highest BCUT2D eigenvalue weighted by molar-refractivity contribution is 5.79. The minimum absolute atomic E-state index is 0.0155. The number of hydrogen-bond acceptors (Lipinski definition) is 6. The molecule has 7 heteroatoms. The van der Waals surface area contributed by atoms with Crippen molar-refractivity contribution in [1.29, 1.82) is 0 Å². The third-order valence-electron chi connectivity index (χ3n) is 3.98. The van der Waals surface area contributed by atoms with Gasteiger partial charge < -0.3 is 13.4 Å². The van der Waals surface area contributed by atoms with Crippen LogP contribution in [0.25, 0.3) is 34.6 Å². The molecule has 0 aliphatic rings. The Labute approximate surface area is 148 Å². The molecule has 4 rings (SSSR count). The lowest BCUT2D eigenvalue weighted by Crippen LogP contribution is -2.15. The molecule has 0 atom stereocenters. The molecule has 3 aromatic heterocycles. The van der Waals surface area contributed by atoms with E-state index in [1.54, 1.807) is 22.8 Å². The number of aryl methyl sites for hydroxylation is 1. The molecule has 0 fully saturated rings. The monoisotopic (exact) mass is 351 g/mol. The third-order valence-corrected chi connectivity index (χ3v) is 3.98. The average molecular weight is 351 g/mol. The summed E-state index contributed by atoms with van der Waals surface area (Å²) in [5.74, 6) is 1.94. The molecule has 0 N–H and O–H groups in total. The third kappa shape index (κ3) is 2.88. The molecular formula is C19H17N3O4. The van der Waals surface area contributed by atoms with Gasteiger partial charge in [-0.05, 0) is 57.2 Å². The van der Waals surface area contributed by atoms with Crippen LogP contribution < -0.4 is 5.76 Å². The van der Waals surface area contributed by atoms with Crippen molar-refractivity contribution in [2.24, 2.45) is 0 Å². The zero-order valence-corrected chi connectivity index (χ0v) is 14.6. The molecule has 3 heterocycles. The van der Waals surface area contributed by atoms with Gasteiger partial charge in [-0.2, -0.15) is 4.98 Å². The molecule has 26 heavy (non-hydrogen) atoms. The number of oxazole rings is 1. The van der Waals surface area contributed by atoms with E-state index in [-0.39, 0.29) is 11.8 Å². The van der Waals surface area contributed by atoms with Crippen LogP contribution in [0.3, 0.4) is 0 Å². The smallest absolute Gasteiger partial charge is 0.420 e. The molecule has 0 radical (unpaired) electrons. The lowest BCUT2D eigenvalue weighted by Gasteiger charge is -2.04. The molecule has 4 aromatic rings. The van der Waals surface area contributed by atoms with Crippen LogP contribution in [-0.2, 0) is 0 Å². The van der Waals surface area contributed by atoms with Crippen molar-refractivity contribution in [1.82, 2.24) is 14.7 Å². The second kappa shape index (κ2) is 6.18. The van der Waals surface area contributed by atoms with Crippen LogP contribution in [0.15, 0.2) is 48.5 Å². The van der Waals surface area contributed by atoms with E-state index in [4.69, 9.17) is 13.4 Å². The molecule has 1 aromatic carbocycles. The normalized spacial score (nSPS) is 12.0. The first-order valence-electron chi connectivity index (χ1n) is 8.25. The minimum Gasteiger partial charge on any atom is -0.462 e. The number of hydrogen-bond donors (Lipinski definition) is 0. The summed E-state index contributed by atoms with van der Waals surface area (Å²) in [6.45, 7) is 5.74. The van der Waals surface area contributed by atoms with Gasteiger partial charge in [-0.3, -0.25) is 4.57 Å². The molecule has 0 spiro atoms. The van der Waals surface area contributed by atoms with Crippen LogP contribution in [0.2, 0.25) is 0 Å². The summed E-state index contributed by atoms with van der Waals surface area (Å²) in [6.07, 6.45) is 3.44. The van der Waals surface area contributed by atoms with Gasteiger partial charge in [0.05, 0.1) is 5.52 Å². The summed E-state index contributed by atoms with van der Waals surface area (Å²) < 4.78 is 17.6. The maximum atomic E-state index is 12.0. The van der Waals surface area contributed by atoms with Crippen molar-refractivity contribution >= 4 is 23.3 Å². The Morgan fingerprint density at radius 2 is 1.96 bits per heavy atom. The van der Waals surface area contributed by atoms with E-state index in [9.17, 15) is 4.79 Å². The van der Waals surface area contributed by atoms with Crippen LogP contribution in [0.4, 0.5) is 0 Å². The zero-order valence-electron chi connectivity index (χ0n) is 14.6. The van der Waals surface area contributed by atoms with Crippen molar-refractivity contribution in [2.75, 3.05) is 0 Å². The van der Waals surface area contributed by atoms with E-state index in [1.165, 1.54) is 0 Å². The molecule has 0 unspecified atom stereocenters. The first-order chi connectivity index (χ1) is 12.5. The zero-order chi connectivity index (χ0) is 18.3. The summed E-state index contributed by atoms with van der Waals surface area (Å²) in [5, 5.41) is 3.98. The van der Waals surface area contributed by atoms with Gasteiger partial charge in [-0.25, -0.2) is 4.79 Å². The molecule has 0 bridgehead atoms. The van der Waals surface area contributed by atoms with Gasteiger partial charge in [0.1, 0.15) is 11.5 Å². The summed E-state index contributed by atoms with van der Waals surface area (Å²) in [7, 11) is 0.